The van der Waals surface area contributed by atoms with E-state index < -0.39 is 11.6 Å². The van der Waals surface area contributed by atoms with E-state index in [-0.39, 0.29) is 30.5 Å². The second kappa shape index (κ2) is 4.89. The van der Waals surface area contributed by atoms with E-state index in [2.05, 4.69) is 18.2 Å². The van der Waals surface area contributed by atoms with E-state index in [1.165, 1.54) is 5.57 Å². The molecule has 0 amide bonds. The van der Waals surface area contributed by atoms with Gasteiger partial charge in [0.15, 0.2) is 17.9 Å². The standard InChI is InChI=1S/C17H24O5/c1-16(2)18-9-11(20-16)13-12(10-7-5-6-8-10)14-15(19-13)22-17(3,4)21-14/h5-7,11-15H,8-9H2,1-4H3/t11-,12-,13-,14-,15-/m1/s1. The van der Waals surface area contributed by atoms with Gasteiger partial charge in [0.05, 0.1) is 12.7 Å². The maximum Gasteiger partial charge on any atom is 0.188 e. The Morgan fingerprint density at radius 1 is 1.00 bits per heavy atom. The summed E-state index contributed by atoms with van der Waals surface area (Å²) in [7, 11) is 0. The van der Waals surface area contributed by atoms with Crippen LogP contribution in [-0.4, -0.2) is 42.8 Å². The van der Waals surface area contributed by atoms with Crippen LogP contribution in [0, 0.1) is 5.92 Å². The maximum atomic E-state index is 6.20. The minimum atomic E-state index is -0.600. The first-order valence-corrected chi connectivity index (χ1v) is 8.03. The summed E-state index contributed by atoms with van der Waals surface area (Å²) in [6.07, 6.45) is 6.75. The molecule has 0 N–H and O–H groups in total. The molecule has 22 heavy (non-hydrogen) atoms. The molecule has 0 aromatic rings. The van der Waals surface area contributed by atoms with Crippen molar-refractivity contribution in [3.63, 3.8) is 0 Å². The van der Waals surface area contributed by atoms with E-state index in [0.717, 1.165) is 6.42 Å². The zero-order valence-corrected chi connectivity index (χ0v) is 13.6. The molecule has 5 heteroatoms. The molecule has 5 atom stereocenters. The third-order valence-corrected chi connectivity index (χ3v) is 4.71. The van der Waals surface area contributed by atoms with Gasteiger partial charge in [-0.25, -0.2) is 0 Å². The van der Waals surface area contributed by atoms with E-state index in [1.807, 2.05) is 27.7 Å². The number of hydrogen-bond donors (Lipinski definition) is 0. The number of rotatable bonds is 2. The highest BCUT2D eigenvalue weighted by Gasteiger charge is 2.58. The molecule has 1 aliphatic carbocycles. The predicted molar refractivity (Wildman–Crippen MR) is 78.9 cm³/mol. The van der Waals surface area contributed by atoms with Crippen LogP contribution in [0.25, 0.3) is 0 Å². The normalized spacial score (nSPS) is 45.3. The number of fused-ring (bicyclic) bond motifs is 1. The molecule has 0 radical (unpaired) electrons. The summed E-state index contributed by atoms with van der Waals surface area (Å²) in [6, 6.07) is 0. The topological polar surface area (TPSA) is 46.2 Å². The maximum absolute atomic E-state index is 6.20. The summed E-state index contributed by atoms with van der Waals surface area (Å²) in [4.78, 5) is 0. The first-order chi connectivity index (χ1) is 10.3. The van der Waals surface area contributed by atoms with Crippen molar-refractivity contribution in [2.24, 2.45) is 5.92 Å². The number of hydrogen-bond acceptors (Lipinski definition) is 5. The van der Waals surface area contributed by atoms with Crippen LogP contribution in [0.1, 0.15) is 34.1 Å². The van der Waals surface area contributed by atoms with Crippen LogP contribution < -0.4 is 0 Å². The Kier molecular flexibility index (Phi) is 3.30. The fourth-order valence-corrected chi connectivity index (χ4v) is 3.86. The highest BCUT2D eigenvalue weighted by atomic mass is 16.8. The third-order valence-electron chi connectivity index (χ3n) is 4.71. The second-order valence-corrected chi connectivity index (χ2v) is 7.34. The Morgan fingerprint density at radius 2 is 1.82 bits per heavy atom. The van der Waals surface area contributed by atoms with Crippen LogP contribution in [0.3, 0.4) is 0 Å². The van der Waals surface area contributed by atoms with Gasteiger partial charge < -0.3 is 23.7 Å². The highest BCUT2D eigenvalue weighted by Crippen LogP contribution is 2.47. The monoisotopic (exact) mass is 308 g/mol. The third kappa shape index (κ3) is 2.45. The van der Waals surface area contributed by atoms with Crippen LogP contribution in [0.5, 0.6) is 0 Å². The van der Waals surface area contributed by atoms with Gasteiger partial charge in [-0.05, 0) is 34.1 Å². The van der Waals surface area contributed by atoms with Gasteiger partial charge in [0.25, 0.3) is 0 Å². The van der Waals surface area contributed by atoms with E-state index in [9.17, 15) is 0 Å². The lowest BCUT2D eigenvalue weighted by Crippen LogP contribution is -2.39. The summed E-state index contributed by atoms with van der Waals surface area (Å²) in [5.74, 6) is -1.01. The molecule has 122 valence electrons. The molecule has 3 heterocycles. The van der Waals surface area contributed by atoms with Crippen LogP contribution in [-0.2, 0) is 23.7 Å². The van der Waals surface area contributed by atoms with Crippen LogP contribution >= 0.6 is 0 Å². The van der Waals surface area contributed by atoms with E-state index in [0.29, 0.717) is 6.61 Å². The molecule has 0 aromatic carbocycles. The summed E-state index contributed by atoms with van der Waals surface area (Å²) >= 11 is 0. The minimum absolute atomic E-state index is 0.0848. The highest BCUT2D eigenvalue weighted by molar-refractivity contribution is 5.29. The largest absolute Gasteiger partial charge is 0.348 e. The van der Waals surface area contributed by atoms with Crippen molar-refractivity contribution in [2.75, 3.05) is 6.61 Å². The summed E-state index contributed by atoms with van der Waals surface area (Å²) in [5.41, 5.74) is 1.33. The van der Waals surface area contributed by atoms with Crippen molar-refractivity contribution in [3.05, 3.63) is 23.8 Å². The Bertz CT molecular complexity index is 521. The first kappa shape index (κ1) is 14.8. The molecule has 0 saturated carbocycles. The molecule has 3 aliphatic heterocycles. The van der Waals surface area contributed by atoms with Crippen molar-refractivity contribution in [1.82, 2.24) is 0 Å². The SMILES string of the molecule is CC1(C)O[C@H]2O[C@H]([C@H]3COC(C)(C)O3)[C@@H](C3=CC=CC3)[C@H]2O1. The second-order valence-electron chi connectivity index (χ2n) is 7.34. The quantitative estimate of drug-likeness (QED) is 0.784. The van der Waals surface area contributed by atoms with Gasteiger partial charge in [-0.1, -0.05) is 23.8 Å². The van der Waals surface area contributed by atoms with E-state index in [1.54, 1.807) is 0 Å². The molecule has 0 bridgehead atoms. The van der Waals surface area contributed by atoms with Crippen molar-refractivity contribution in [2.45, 2.75) is 70.3 Å². The zero-order chi connectivity index (χ0) is 15.5. The number of allylic oxidation sites excluding steroid dienone is 3. The van der Waals surface area contributed by atoms with Crippen molar-refractivity contribution in [1.29, 1.82) is 0 Å². The van der Waals surface area contributed by atoms with Gasteiger partial charge in [0.2, 0.25) is 0 Å². The minimum Gasteiger partial charge on any atom is -0.348 e. The Balaban J connectivity index is 1.59. The molecule has 0 spiro atoms. The van der Waals surface area contributed by atoms with Gasteiger partial charge >= 0.3 is 0 Å². The lowest BCUT2D eigenvalue weighted by Gasteiger charge is -2.29. The van der Waals surface area contributed by atoms with E-state index >= 15 is 0 Å². The molecule has 4 aliphatic rings. The van der Waals surface area contributed by atoms with Gasteiger partial charge in [0.1, 0.15) is 12.2 Å². The number of ether oxygens (including phenoxy) is 5. The van der Waals surface area contributed by atoms with Crippen LogP contribution in [0.15, 0.2) is 23.8 Å². The molecule has 0 aromatic heterocycles. The predicted octanol–water partition coefficient (Wildman–Crippen LogP) is 2.52. The fourth-order valence-electron chi connectivity index (χ4n) is 3.86. The smallest absolute Gasteiger partial charge is 0.188 e. The molecule has 4 rings (SSSR count). The van der Waals surface area contributed by atoms with Crippen LogP contribution in [0.2, 0.25) is 0 Å². The van der Waals surface area contributed by atoms with E-state index in [4.69, 9.17) is 23.7 Å². The Labute approximate surface area is 131 Å². The van der Waals surface area contributed by atoms with Gasteiger partial charge in [-0.2, -0.15) is 0 Å². The average molecular weight is 308 g/mol. The summed E-state index contributed by atoms with van der Waals surface area (Å²) in [5, 5.41) is 0. The van der Waals surface area contributed by atoms with Crippen molar-refractivity contribution < 1.29 is 23.7 Å². The first-order valence-electron chi connectivity index (χ1n) is 8.03. The Hall–Kier alpha value is -0.720. The lowest BCUT2D eigenvalue weighted by molar-refractivity contribution is -0.225. The summed E-state index contributed by atoms with van der Waals surface area (Å²) < 4.78 is 30.0. The van der Waals surface area contributed by atoms with Gasteiger partial charge in [0, 0.05) is 5.92 Å². The molecule has 5 nitrogen and oxygen atoms in total. The summed E-state index contributed by atoms with van der Waals surface area (Å²) in [6.45, 7) is 8.27. The van der Waals surface area contributed by atoms with Crippen LogP contribution in [0.4, 0.5) is 0 Å². The average Bonchev–Trinajstić information content (AvgIpc) is 3.11. The molecular weight excluding hydrogens is 284 g/mol. The zero-order valence-electron chi connectivity index (χ0n) is 13.6. The van der Waals surface area contributed by atoms with Crippen molar-refractivity contribution in [3.8, 4) is 0 Å². The lowest BCUT2D eigenvalue weighted by atomic mass is 9.86. The molecule has 3 fully saturated rings. The van der Waals surface area contributed by atoms with Gasteiger partial charge in [-0.3, -0.25) is 0 Å². The molecular formula is C17H24O5. The van der Waals surface area contributed by atoms with Gasteiger partial charge in [-0.15, -0.1) is 0 Å². The van der Waals surface area contributed by atoms with Crippen molar-refractivity contribution >= 4 is 0 Å². The molecule has 3 saturated heterocycles. The Morgan fingerprint density at radius 3 is 2.45 bits per heavy atom. The molecule has 0 unspecified atom stereocenters. The fraction of sp³-hybridized carbons (Fsp3) is 0.765.